The summed E-state index contributed by atoms with van der Waals surface area (Å²) in [6, 6.07) is 6.50. The van der Waals surface area contributed by atoms with Crippen LogP contribution in [0.3, 0.4) is 0 Å². The van der Waals surface area contributed by atoms with Gasteiger partial charge in [0.15, 0.2) is 0 Å². The van der Waals surface area contributed by atoms with E-state index < -0.39 is 0 Å². The standard InChI is InChI=1S/C18H29N3O/c1-4-18(22)21(17-11-7-8-12-19-17)16(3)14-20-13-9-5-6-10-15(20)2/h7-8,11-12,15-16H,4-6,9-10,13-14H2,1-3H3. The summed E-state index contributed by atoms with van der Waals surface area (Å²) >= 11 is 0. The zero-order valence-electron chi connectivity index (χ0n) is 14.2. The fourth-order valence-electron chi connectivity index (χ4n) is 3.29. The summed E-state index contributed by atoms with van der Waals surface area (Å²) in [6.45, 7) is 8.43. The number of aromatic nitrogens is 1. The maximum Gasteiger partial charge on any atom is 0.228 e. The number of nitrogens with zero attached hydrogens (tertiary/aromatic N) is 3. The van der Waals surface area contributed by atoms with Crippen molar-refractivity contribution in [2.24, 2.45) is 0 Å². The Balaban J connectivity index is 2.11. The Kier molecular flexibility index (Phi) is 6.37. The van der Waals surface area contributed by atoms with Crippen molar-refractivity contribution in [3.05, 3.63) is 24.4 Å². The molecular formula is C18H29N3O. The Morgan fingerprint density at radius 2 is 2.23 bits per heavy atom. The molecule has 4 nitrogen and oxygen atoms in total. The van der Waals surface area contributed by atoms with Gasteiger partial charge in [0.25, 0.3) is 0 Å². The molecule has 2 heterocycles. The minimum absolute atomic E-state index is 0.142. The molecule has 0 aliphatic carbocycles. The van der Waals surface area contributed by atoms with Crippen LogP contribution in [0, 0.1) is 0 Å². The van der Waals surface area contributed by atoms with Gasteiger partial charge in [-0.15, -0.1) is 0 Å². The first-order chi connectivity index (χ1) is 10.6. The van der Waals surface area contributed by atoms with Crippen LogP contribution in [0.25, 0.3) is 0 Å². The van der Waals surface area contributed by atoms with Crippen molar-refractivity contribution < 1.29 is 4.79 Å². The molecule has 2 atom stereocenters. The predicted molar refractivity (Wildman–Crippen MR) is 91.0 cm³/mol. The monoisotopic (exact) mass is 303 g/mol. The Bertz CT molecular complexity index is 463. The lowest BCUT2D eigenvalue weighted by molar-refractivity contribution is -0.118. The van der Waals surface area contributed by atoms with E-state index in [9.17, 15) is 4.79 Å². The summed E-state index contributed by atoms with van der Waals surface area (Å²) in [5, 5.41) is 0. The highest BCUT2D eigenvalue weighted by atomic mass is 16.2. The molecule has 0 bridgehead atoms. The summed E-state index contributed by atoms with van der Waals surface area (Å²) in [6.07, 6.45) is 7.44. The van der Waals surface area contributed by atoms with E-state index in [-0.39, 0.29) is 11.9 Å². The quantitative estimate of drug-likeness (QED) is 0.835. The lowest BCUT2D eigenvalue weighted by atomic mass is 10.1. The smallest absolute Gasteiger partial charge is 0.228 e. The summed E-state index contributed by atoms with van der Waals surface area (Å²) < 4.78 is 0. The normalized spacial score (nSPS) is 21.1. The molecule has 1 saturated heterocycles. The maximum atomic E-state index is 12.4. The van der Waals surface area contributed by atoms with Gasteiger partial charge in [0.2, 0.25) is 5.91 Å². The largest absolute Gasteiger partial charge is 0.299 e. The molecule has 22 heavy (non-hydrogen) atoms. The van der Waals surface area contributed by atoms with E-state index in [2.05, 4.69) is 23.7 Å². The second kappa shape index (κ2) is 8.28. The molecule has 0 saturated carbocycles. The molecule has 122 valence electrons. The molecule has 0 spiro atoms. The van der Waals surface area contributed by atoms with Gasteiger partial charge < -0.3 is 0 Å². The number of hydrogen-bond donors (Lipinski definition) is 0. The SMILES string of the molecule is CCC(=O)N(c1ccccn1)C(C)CN1CCCCCC1C. The Morgan fingerprint density at radius 3 is 2.91 bits per heavy atom. The van der Waals surface area contributed by atoms with Gasteiger partial charge in [0, 0.05) is 31.2 Å². The molecule has 1 aliphatic heterocycles. The highest BCUT2D eigenvalue weighted by Gasteiger charge is 2.26. The number of hydrogen-bond acceptors (Lipinski definition) is 3. The first kappa shape index (κ1) is 16.9. The summed E-state index contributed by atoms with van der Waals surface area (Å²) in [4.78, 5) is 21.2. The molecule has 2 rings (SSSR count). The van der Waals surface area contributed by atoms with Gasteiger partial charge in [-0.05, 0) is 45.4 Å². The second-order valence-electron chi connectivity index (χ2n) is 6.35. The van der Waals surface area contributed by atoms with Crippen molar-refractivity contribution in [1.82, 2.24) is 9.88 Å². The van der Waals surface area contributed by atoms with E-state index in [0.717, 1.165) is 18.9 Å². The highest BCUT2D eigenvalue weighted by molar-refractivity contribution is 5.92. The van der Waals surface area contributed by atoms with E-state index in [1.165, 1.54) is 25.7 Å². The Morgan fingerprint density at radius 1 is 1.41 bits per heavy atom. The number of likely N-dealkylation sites (tertiary alicyclic amines) is 1. The molecule has 2 unspecified atom stereocenters. The van der Waals surface area contributed by atoms with Crippen molar-refractivity contribution >= 4 is 11.7 Å². The molecule has 0 aromatic carbocycles. The van der Waals surface area contributed by atoms with E-state index in [0.29, 0.717) is 12.5 Å². The second-order valence-corrected chi connectivity index (χ2v) is 6.35. The summed E-state index contributed by atoms with van der Waals surface area (Å²) in [7, 11) is 0. The third-order valence-electron chi connectivity index (χ3n) is 4.60. The van der Waals surface area contributed by atoms with Crippen LogP contribution in [0.4, 0.5) is 5.82 Å². The Hall–Kier alpha value is -1.42. The van der Waals surface area contributed by atoms with Crippen molar-refractivity contribution in [3.8, 4) is 0 Å². The average Bonchev–Trinajstić information content (AvgIpc) is 2.73. The number of pyridine rings is 1. The first-order valence-corrected chi connectivity index (χ1v) is 8.60. The van der Waals surface area contributed by atoms with Crippen LogP contribution in [0.15, 0.2) is 24.4 Å². The number of carbonyl (C=O) groups excluding carboxylic acids is 1. The van der Waals surface area contributed by atoms with Crippen LogP contribution in [0.5, 0.6) is 0 Å². The fourth-order valence-corrected chi connectivity index (χ4v) is 3.29. The highest BCUT2D eigenvalue weighted by Crippen LogP contribution is 2.20. The number of rotatable bonds is 5. The van der Waals surface area contributed by atoms with Gasteiger partial charge in [0.1, 0.15) is 5.82 Å². The van der Waals surface area contributed by atoms with Crippen LogP contribution >= 0.6 is 0 Å². The minimum atomic E-state index is 0.142. The van der Waals surface area contributed by atoms with Crippen molar-refractivity contribution in [1.29, 1.82) is 0 Å². The third-order valence-corrected chi connectivity index (χ3v) is 4.60. The maximum absolute atomic E-state index is 12.4. The summed E-state index contributed by atoms with van der Waals surface area (Å²) in [5.74, 6) is 0.915. The Labute approximate surface area is 134 Å². The fraction of sp³-hybridized carbons (Fsp3) is 0.667. The molecular weight excluding hydrogens is 274 g/mol. The number of anilines is 1. The van der Waals surface area contributed by atoms with E-state index in [1.807, 2.05) is 30.0 Å². The lowest BCUT2D eigenvalue weighted by Crippen LogP contribution is -2.48. The summed E-state index contributed by atoms with van der Waals surface area (Å²) in [5.41, 5.74) is 0. The molecule has 1 amide bonds. The molecule has 1 aliphatic rings. The van der Waals surface area contributed by atoms with Crippen LogP contribution in [-0.4, -0.2) is 41.0 Å². The van der Waals surface area contributed by atoms with Crippen LogP contribution in [-0.2, 0) is 4.79 Å². The number of carbonyl (C=O) groups is 1. The van der Waals surface area contributed by atoms with E-state index >= 15 is 0 Å². The van der Waals surface area contributed by atoms with Gasteiger partial charge in [-0.3, -0.25) is 14.6 Å². The number of amides is 1. The predicted octanol–water partition coefficient (Wildman–Crippen LogP) is 3.48. The van der Waals surface area contributed by atoms with Gasteiger partial charge in [-0.2, -0.15) is 0 Å². The van der Waals surface area contributed by atoms with Crippen LogP contribution < -0.4 is 4.90 Å². The first-order valence-electron chi connectivity index (χ1n) is 8.60. The average molecular weight is 303 g/mol. The molecule has 1 fully saturated rings. The van der Waals surface area contributed by atoms with Crippen molar-refractivity contribution in [2.45, 2.75) is 65.0 Å². The molecule has 0 radical (unpaired) electrons. The molecule has 0 N–H and O–H groups in total. The molecule has 1 aromatic heterocycles. The zero-order valence-corrected chi connectivity index (χ0v) is 14.2. The minimum Gasteiger partial charge on any atom is -0.299 e. The van der Waals surface area contributed by atoms with E-state index in [4.69, 9.17) is 0 Å². The molecule has 1 aromatic rings. The van der Waals surface area contributed by atoms with Gasteiger partial charge in [-0.1, -0.05) is 25.8 Å². The third kappa shape index (κ3) is 4.29. The zero-order chi connectivity index (χ0) is 15.9. The lowest BCUT2D eigenvalue weighted by Gasteiger charge is -2.35. The van der Waals surface area contributed by atoms with Crippen LogP contribution in [0.2, 0.25) is 0 Å². The van der Waals surface area contributed by atoms with Crippen LogP contribution in [0.1, 0.15) is 52.9 Å². The van der Waals surface area contributed by atoms with Gasteiger partial charge in [-0.25, -0.2) is 4.98 Å². The molecule has 4 heteroatoms. The van der Waals surface area contributed by atoms with Crippen molar-refractivity contribution in [3.63, 3.8) is 0 Å². The van der Waals surface area contributed by atoms with E-state index in [1.54, 1.807) is 6.20 Å². The van der Waals surface area contributed by atoms with Crippen molar-refractivity contribution in [2.75, 3.05) is 18.0 Å². The van der Waals surface area contributed by atoms with Gasteiger partial charge in [0.05, 0.1) is 0 Å². The van der Waals surface area contributed by atoms with Gasteiger partial charge >= 0.3 is 0 Å². The topological polar surface area (TPSA) is 36.4 Å².